The molecule has 3 unspecified atom stereocenters. The molecule has 0 rings (SSSR count). The zero-order valence-corrected chi connectivity index (χ0v) is 40.8. The minimum atomic E-state index is -4.54. The van der Waals surface area contributed by atoms with Crippen LogP contribution in [0, 0.1) is 0 Å². The van der Waals surface area contributed by atoms with E-state index in [1.54, 1.807) is 0 Å². The molecule has 0 aromatic carbocycles. The molecule has 0 aromatic heterocycles. The van der Waals surface area contributed by atoms with Crippen LogP contribution in [0.25, 0.3) is 0 Å². The third kappa shape index (κ3) is 44.5. The number of aliphatic hydroxyl groups is 1. The summed E-state index contributed by atoms with van der Waals surface area (Å²) in [5.74, 6) is -0.175. The Labute approximate surface area is 371 Å². The number of rotatable bonds is 45. The summed E-state index contributed by atoms with van der Waals surface area (Å²) < 4.78 is 23.0. The average molecular weight is 865 g/mol. The van der Waals surface area contributed by atoms with Crippen molar-refractivity contribution in [2.75, 3.05) is 40.9 Å². The van der Waals surface area contributed by atoms with E-state index >= 15 is 0 Å². The molecular formula is C51H97N2O6P. The van der Waals surface area contributed by atoms with E-state index in [4.69, 9.17) is 9.05 Å². The topological polar surface area (TPSA) is 108 Å². The molecule has 3 atom stereocenters. The Kier molecular flexibility index (Phi) is 41.6. The highest BCUT2D eigenvalue weighted by molar-refractivity contribution is 7.45. The minimum Gasteiger partial charge on any atom is -0.756 e. The summed E-state index contributed by atoms with van der Waals surface area (Å²) in [5, 5.41) is 13.6. The number of amides is 1. The van der Waals surface area contributed by atoms with E-state index in [1.165, 1.54) is 128 Å². The van der Waals surface area contributed by atoms with Crippen molar-refractivity contribution in [3.63, 3.8) is 0 Å². The number of hydrogen-bond acceptors (Lipinski definition) is 6. The SMILES string of the molecule is CC/C=C\C/C=C\C/C=C\C/C=C\CCCCCCCCCCCCCCCCCCCCCCCCC(=O)NC(COP(=O)([O-])OCC[N+](C)(C)C)C(O)CCCCC. The van der Waals surface area contributed by atoms with Gasteiger partial charge in [-0.2, -0.15) is 0 Å². The molecule has 0 aromatic rings. The Balaban J connectivity index is 3.67. The molecule has 8 nitrogen and oxygen atoms in total. The monoisotopic (exact) mass is 865 g/mol. The maximum Gasteiger partial charge on any atom is 0.268 e. The van der Waals surface area contributed by atoms with Gasteiger partial charge in [0.05, 0.1) is 39.9 Å². The first-order chi connectivity index (χ1) is 29.0. The molecule has 0 heterocycles. The van der Waals surface area contributed by atoms with Gasteiger partial charge in [-0.1, -0.05) is 210 Å². The first-order valence-electron chi connectivity index (χ1n) is 25.0. The second kappa shape index (κ2) is 42.7. The average Bonchev–Trinajstić information content (AvgIpc) is 3.20. The van der Waals surface area contributed by atoms with Crippen molar-refractivity contribution in [3.8, 4) is 0 Å². The van der Waals surface area contributed by atoms with Crippen molar-refractivity contribution in [2.24, 2.45) is 0 Å². The number of aliphatic hydroxyl groups excluding tert-OH is 1. The molecule has 0 fully saturated rings. The van der Waals surface area contributed by atoms with Crippen molar-refractivity contribution in [3.05, 3.63) is 48.6 Å². The highest BCUT2D eigenvalue weighted by Crippen LogP contribution is 2.38. The fourth-order valence-electron chi connectivity index (χ4n) is 7.15. The molecule has 0 aliphatic carbocycles. The molecule has 2 N–H and O–H groups in total. The number of phosphoric ester groups is 1. The normalized spacial score (nSPS) is 14.6. The molecule has 0 spiro atoms. The van der Waals surface area contributed by atoms with Crippen LogP contribution in [0.5, 0.6) is 0 Å². The molecule has 1 amide bonds. The Morgan fingerprint density at radius 3 is 1.45 bits per heavy atom. The number of quaternary nitrogens is 1. The number of hydrogen-bond donors (Lipinski definition) is 2. The van der Waals surface area contributed by atoms with Crippen molar-refractivity contribution >= 4 is 13.7 Å². The lowest BCUT2D eigenvalue weighted by Gasteiger charge is -2.30. The summed E-state index contributed by atoms with van der Waals surface area (Å²) in [6.45, 7) is 4.44. The number of carbonyl (C=O) groups excluding carboxylic acids is 1. The van der Waals surface area contributed by atoms with E-state index in [2.05, 4.69) is 67.8 Å². The van der Waals surface area contributed by atoms with Crippen LogP contribution in [0.2, 0.25) is 0 Å². The van der Waals surface area contributed by atoms with E-state index < -0.39 is 20.0 Å². The molecule has 0 aliphatic rings. The van der Waals surface area contributed by atoms with Crippen molar-refractivity contribution in [1.29, 1.82) is 0 Å². The number of allylic oxidation sites excluding steroid dienone is 8. The van der Waals surface area contributed by atoms with Crippen LogP contribution < -0.4 is 10.2 Å². The van der Waals surface area contributed by atoms with Crippen molar-refractivity contribution < 1.29 is 32.9 Å². The zero-order chi connectivity index (χ0) is 44.3. The molecular weight excluding hydrogens is 768 g/mol. The Morgan fingerprint density at radius 2 is 1.02 bits per heavy atom. The molecule has 0 bridgehead atoms. The van der Waals surface area contributed by atoms with Crippen LogP contribution in [-0.4, -0.2) is 68.5 Å². The first kappa shape index (κ1) is 58.5. The van der Waals surface area contributed by atoms with Crippen LogP contribution >= 0.6 is 7.82 Å². The number of unbranched alkanes of at least 4 members (excludes halogenated alkanes) is 24. The van der Waals surface area contributed by atoms with E-state index in [-0.39, 0.29) is 19.1 Å². The maximum absolute atomic E-state index is 12.7. The maximum atomic E-state index is 12.7. The molecule has 352 valence electrons. The molecule has 60 heavy (non-hydrogen) atoms. The highest BCUT2D eigenvalue weighted by atomic mass is 31.2. The van der Waals surface area contributed by atoms with Gasteiger partial charge in [-0.25, -0.2) is 0 Å². The summed E-state index contributed by atoms with van der Waals surface area (Å²) in [7, 11) is 1.30. The smallest absolute Gasteiger partial charge is 0.268 e. The largest absolute Gasteiger partial charge is 0.756 e. The second-order valence-electron chi connectivity index (χ2n) is 18.1. The predicted octanol–water partition coefficient (Wildman–Crippen LogP) is 13.8. The number of nitrogens with zero attached hydrogens (tertiary/aromatic N) is 1. The quantitative estimate of drug-likeness (QED) is 0.0273. The standard InChI is InChI=1S/C51H97N2O6P/c1-6-8-10-11-12-13-14-15-16-17-18-19-20-21-22-23-24-25-26-27-28-29-30-31-32-33-34-35-36-37-38-39-40-41-43-45-51(55)52-49(50(54)44-42-9-7-2)48-59-60(56,57)58-47-46-53(3,4)5/h8,10,12-13,15-16,18-19,49-50,54H,6-7,9,11,14,17,20-48H2,1-5H3,(H-,52,55,56,57)/b10-8-,13-12-,16-15-,19-18-. The third-order valence-corrected chi connectivity index (χ3v) is 12.0. The van der Waals surface area contributed by atoms with Gasteiger partial charge in [0.15, 0.2) is 0 Å². The fraction of sp³-hybridized carbons (Fsp3) is 0.824. The summed E-state index contributed by atoms with van der Waals surface area (Å²) >= 11 is 0. The van der Waals surface area contributed by atoms with E-state index in [1.807, 2.05) is 21.1 Å². The first-order valence-corrected chi connectivity index (χ1v) is 26.4. The highest BCUT2D eigenvalue weighted by Gasteiger charge is 2.24. The lowest BCUT2D eigenvalue weighted by atomic mass is 10.0. The summed E-state index contributed by atoms with van der Waals surface area (Å²) in [5.41, 5.74) is 0. The van der Waals surface area contributed by atoms with E-state index in [0.717, 1.165) is 64.2 Å². The predicted molar refractivity (Wildman–Crippen MR) is 256 cm³/mol. The van der Waals surface area contributed by atoms with Gasteiger partial charge in [0, 0.05) is 6.42 Å². The van der Waals surface area contributed by atoms with Gasteiger partial charge in [0.25, 0.3) is 7.82 Å². The van der Waals surface area contributed by atoms with Crippen LogP contribution in [0.3, 0.4) is 0 Å². The van der Waals surface area contributed by atoms with Crippen LogP contribution in [0.15, 0.2) is 48.6 Å². The number of carbonyl (C=O) groups is 1. The zero-order valence-electron chi connectivity index (χ0n) is 39.9. The van der Waals surface area contributed by atoms with Crippen LogP contribution in [0.1, 0.15) is 219 Å². The third-order valence-electron chi connectivity index (χ3n) is 11.1. The Morgan fingerprint density at radius 1 is 0.600 bits per heavy atom. The minimum absolute atomic E-state index is 0.0112. The van der Waals surface area contributed by atoms with Gasteiger partial charge in [-0.15, -0.1) is 0 Å². The van der Waals surface area contributed by atoms with Gasteiger partial charge in [0.1, 0.15) is 13.2 Å². The lowest BCUT2D eigenvalue weighted by Crippen LogP contribution is -2.46. The lowest BCUT2D eigenvalue weighted by molar-refractivity contribution is -0.870. The Hall–Kier alpha value is -1.54. The van der Waals surface area contributed by atoms with Gasteiger partial charge >= 0.3 is 0 Å². The van der Waals surface area contributed by atoms with Crippen LogP contribution in [0.4, 0.5) is 0 Å². The summed E-state index contributed by atoms with van der Waals surface area (Å²) in [6.07, 6.45) is 55.3. The van der Waals surface area contributed by atoms with E-state index in [0.29, 0.717) is 23.9 Å². The van der Waals surface area contributed by atoms with Gasteiger partial charge in [-0.05, 0) is 51.4 Å². The number of phosphoric acid groups is 1. The van der Waals surface area contributed by atoms with Gasteiger partial charge < -0.3 is 28.8 Å². The van der Waals surface area contributed by atoms with Crippen molar-refractivity contribution in [1.82, 2.24) is 5.32 Å². The molecule has 0 saturated carbocycles. The molecule has 0 saturated heterocycles. The molecule has 0 radical (unpaired) electrons. The molecule has 9 heteroatoms. The van der Waals surface area contributed by atoms with Gasteiger partial charge in [-0.3, -0.25) is 9.36 Å². The van der Waals surface area contributed by atoms with Gasteiger partial charge in [0.2, 0.25) is 5.91 Å². The van der Waals surface area contributed by atoms with Crippen molar-refractivity contribution in [2.45, 2.75) is 231 Å². The number of likely N-dealkylation sites (N-methyl/N-ethyl adjacent to an activating group) is 1. The molecule has 0 aliphatic heterocycles. The van der Waals surface area contributed by atoms with Crippen LogP contribution in [-0.2, 0) is 18.4 Å². The summed E-state index contributed by atoms with van der Waals surface area (Å²) in [6, 6.07) is -0.794. The Bertz CT molecular complexity index is 1120. The second-order valence-corrected chi connectivity index (χ2v) is 19.6. The number of nitrogens with one attached hydrogen (secondary N) is 1. The van der Waals surface area contributed by atoms with E-state index in [9.17, 15) is 19.4 Å². The summed E-state index contributed by atoms with van der Waals surface area (Å²) in [4.78, 5) is 25.0. The fourth-order valence-corrected chi connectivity index (χ4v) is 7.87.